The molecule has 0 saturated heterocycles. The Bertz CT molecular complexity index is 329. The van der Waals surface area contributed by atoms with Crippen molar-refractivity contribution in [3.8, 4) is 0 Å². The van der Waals surface area contributed by atoms with Crippen LogP contribution in [0.15, 0.2) is 6.07 Å². The van der Waals surface area contributed by atoms with Crippen molar-refractivity contribution in [2.24, 2.45) is 5.92 Å². The zero-order chi connectivity index (χ0) is 12.8. The van der Waals surface area contributed by atoms with Gasteiger partial charge in [0.2, 0.25) is 0 Å². The van der Waals surface area contributed by atoms with Crippen LogP contribution in [0.25, 0.3) is 0 Å². The second-order valence-electron chi connectivity index (χ2n) is 4.48. The molecule has 1 rings (SSSR count). The molecule has 1 aromatic rings. The van der Waals surface area contributed by atoms with Gasteiger partial charge in [0.15, 0.2) is 0 Å². The fourth-order valence-corrected chi connectivity index (χ4v) is 1.59. The Morgan fingerprint density at radius 3 is 2.35 bits per heavy atom. The maximum atomic E-state index is 4.49. The highest BCUT2D eigenvalue weighted by molar-refractivity contribution is 5.47. The molecule has 2 unspecified atom stereocenters. The Morgan fingerprint density at radius 2 is 1.82 bits per heavy atom. The molecule has 4 nitrogen and oxygen atoms in total. The summed E-state index contributed by atoms with van der Waals surface area (Å²) in [6, 6.07) is 2.38. The summed E-state index contributed by atoms with van der Waals surface area (Å²) in [5.74, 6) is 3.29. The van der Waals surface area contributed by atoms with Crippen molar-refractivity contribution in [2.75, 3.05) is 17.7 Å². The third-order valence-corrected chi connectivity index (χ3v) is 3.22. The SMILES string of the molecule is CCc1nc(NC)cc(NC(C)C(C)CC)n1. The molecule has 0 aliphatic heterocycles. The van der Waals surface area contributed by atoms with Crippen LogP contribution in [0.2, 0.25) is 0 Å². The molecule has 0 aliphatic carbocycles. The van der Waals surface area contributed by atoms with Gasteiger partial charge in [-0.3, -0.25) is 0 Å². The van der Waals surface area contributed by atoms with Crippen LogP contribution in [0.1, 0.15) is 39.9 Å². The van der Waals surface area contributed by atoms with Crippen molar-refractivity contribution in [1.29, 1.82) is 0 Å². The standard InChI is InChI=1S/C13H24N4/c1-6-9(3)10(4)15-13-8-12(14-5)16-11(7-2)17-13/h8-10H,6-7H2,1-5H3,(H2,14,15,16,17). The van der Waals surface area contributed by atoms with Gasteiger partial charge in [0, 0.05) is 25.6 Å². The molecule has 0 bridgehead atoms. The number of hydrogen-bond donors (Lipinski definition) is 2. The summed E-state index contributed by atoms with van der Waals surface area (Å²) in [5, 5.41) is 6.52. The minimum Gasteiger partial charge on any atom is -0.373 e. The lowest BCUT2D eigenvalue weighted by Gasteiger charge is -2.21. The van der Waals surface area contributed by atoms with Crippen molar-refractivity contribution < 1.29 is 0 Å². The van der Waals surface area contributed by atoms with E-state index in [1.165, 1.54) is 6.42 Å². The highest BCUT2D eigenvalue weighted by Gasteiger charge is 2.11. The van der Waals surface area contributed by atoms with Gasteiger partial charge in [0.25, 0.3) is 0 Å². The molecule has 1 aromatic heterocycles. The quantitative estimate of drug-likeness (QED) is 0.797. The summed E-state index contributed by atoms with van der Waals surface area (Å²) in [6.45, 7) is 8.72. The van der Waals surface area contributed by atoms with E-state index in [1.54, 1.807) is 0 Å². The lowest BCUT2D eigenvalue weighted by Crippen LogP contribution is -2.24. The van der Waals surface area contributed by atoms with Crippen molar-refractivity contribution in [1.82, 2.24) is 9.97 Å². The zero-order valence-corrected chi connectivity index (χ0v) is 11.5. The van der Waals surface area contributed by atoms with Gasteiger partial charge >= 0.3 is 0 Å². The van der Waals surface area contributed by atoms with E-state index in [-0.39, 0.29) is 0 Å². The third kappa shape index (κ3) is 3.88. The third-order valence-electron chi connectivity index (χ3n) is 3.22. The van der Waals surface area contributed by atoms with Crippen LogP contribution in [-0.4, -0.2) is 23.1 Å². The molecule has 0 saturated carbocycles. The first-order valence-corrected chi connectivity index (χ1v) is 6.42. The summed E-state index contributed by atoms with van der Waals surface area (Å²) in [6.07, 6.45) is 2.01. The average molecular weight is 236 g/mol. The predicted molar refractivity (Wildman–Crippen MR) is 73.5 cm³/mol. The molecular weight excluding hydrogens is 212 g/mol. The smallest absolute Gasteiger partial charge is 0.132 e. The first-order chi connectivity index (χ1) is 8.10. The molecular formula is C13H24N4. The molecule has 2 atom stereocenters. The number of rotatable bonds is 6. The largest absolute Gasteiger partial charge is 0.373 e. The van der Waals surface area contributed by atoms with Gasteiger partial charge in [-0.2, -0.15) is 0 Å². The maximum Gasteiger partial charge on any atom is 0.132 e. The normalized spacial score (nSPS) is 14.2. The summed E-state index contributed by atoms with van der Waals surface area (Å²) in [5.41, 5.74) is 0. The van der Waals surface area contributed by atoms with Crippen molar-refractivity contribution in [2.45, 2.75) is 46.6 Å². The van der Waals surface area contributed by atoms with Gasteiger partial charge < -0.3 is 10.6 Å². The first kappa shape index (κ1) is 13.7. The van der Waals surface area contributed by atoms with Gasteiger partial charge in [0.05, 0.1) is 0 Å². The van der Waals surface area contributed by atoms with Gasteiger partial charge in [-0.25, -0.2) is 9.97 Å². The van der Waals surface area contributed by atoms with Gasteiger partial charge in [-0.05, 0) is 12.8 Å². The Balaban J connectivity index is 2.82. The van der Waals surface area contributed by atoms with Gasteiger partial charge in [-0.1, -0.05) is 27.2 Å². The van der Waals surface area contributed by atoms with E-state index in [9.17, 15) is 0 Å². The van der Waals surface area contributed by atoms with E-state index in [2.05, 4.69) is 48.3 Å². The monoisotopic (exact) mass is 236 g/mol. The highest BCUT2D eigenvalue weighted by Crippen LogP contribution is 2.16. The fourth-order valence-electron chi connectivity index (χ4n) is 1.59. The number of anilines is 2. The molecule has 0 aromatic carbocycles. The van der Waals surface area contributed by atoms with Crippen LogP contribution in [0, 0.1) is 5.92 Å². The van der Waals surface area contributed by atoms with E-state index in [0.29, 0.717) is 12.0 Å². The molecule has 1 heterocycles. The predicted octanol–water partition coefficient (Wildman–Crippen LogP) is 2.93. The minimum absolute atomic E-state index is 0.421. The van der Waals surface area contributed by atoms with E-state index >= 15 is 0 Å². The summed E-state index contributed by atoms with van der Waals surface area (Å²) in [4.78, 5) is 8.87. The molecule has 0 amide bonds. The Labute approximate surface area is 104 Å². The number of nitrogens with one attached hydrogen (secondary N) is 2. The molecule has 0 spiro atoms. The Hall–Kier alpha value is -1.32. The Kier molecular flexibility index (Phi) is 5.19. The number of nitrogens with zero attached hydrogens (tertiary/aromatic N) is 2. The topological polar surface area (TPSA) is 49.8 Å². The summed E-state index contributed by atoms with van der Waals surface area (Å²) < 4.78 is 0. The fraction of sp³-hybridized carbons (Fsp3) is 0.692. The van der Waals surface area contributed by atoms with Crippen LogP contribution >= 0.6 is 0 Å². The van der Waals surface area contributed by atoms with Gasteiger partial charge in [-0.15, -0.1) is 0 Å². The first-order valence-electron chi connectivity index (χ1n) is 6.42. The summed E-state index contributed by atoms with van der Waals surface area (Å²) >= 11 is 0. The van der Waals surface area contributed by atoms with E-state index in [0.717, 1.165) is 23.9 Å². The second-order valence-corrected chi connectivity index (χ2v) is 4.48. The second kappa shape index (κ2) is 6.42. The van der Waals surface area contributed by atoms with E-state index in [1.807, 2.05) is 13.1 Å². The molecule has 2 N–H and O–H groups in total. The van der Waals surface area contributed by atoms with Crippen LogP contribution in [-0.2, 0) is 6.42 Å². The molecule has 4 heteroatoms. The zero-order valence-electron chi connectivity index (χ0n) is 11.5. The molecule has 17 heavy (non-hydrogen) atoms. The molecule has 96 valence electrons. The number of aryl methyl sites for hydroxylation is 1. The highest BCUT2D eigenvalue weighted by atomic mass is 15.1. The number of hydrogen-bond acceptors (Lipinski definition) is 4. The lowest BCUT2D eigenvalue weighted by molar-refractivity contribution is 0.493. The van der Waals surface area contributed by atoms with E-state index in [4.69, 9.17) is 0 Å². The minimum atomic E-state index is 0.421. The molecule has 0 aliphatic rings. The van der Waals surface area contributed by atoms with E-state index < -0.39 is 0 Å². The summed E-state index contributed by atoms with van der Waals surface area (Å²) in [7, 11) is 1.88. The van der Waals surface area contributed by atoms with Crippen LogP contribution in [0.3, 0.4) is 0 Å². The average Bonchev–Trinajstić information content (AvgIpc) is 2.36. The van der Waals surface area contributed by atoms with Gasteiger partial charge in [0.1, 0.15) is 17.5 Å². The van der Waals surface area contributed by atoms with Crippen LogP contribution in [0.4, 0.5) is 11.6 Å². The molecule has 0 radical (unpaired) electrons. The lowest BCUT2D eigenvalue weighted by atomic mass is 10.0. The van der Waals surface area contributed by atoms with Crippen molar-refractivity contribution in [3.63, 3.8) is 0 Å². The number of aromatic nitrogens is 2. The van der Waals surface area contributed by atoms with Crippen molar-refractivity contribution >= 4 is 11.6 Å². The van der Waals surface area contributed by atoms with Crippen molar-refractivity contribution in [3.05, 3.63) is 11.9 Å². The maximum absolute atomic E-state index is 4.49. The Morgan fingerprint density at radius 1 is 1.18 bits per heavy atom. The molecule has 0 fully saturated rings. The van der Waals surface area contributed by atoms with Crippen LogP contribution < -0.4 is 10.6 Å². The van der Waals surface area contributed by atoms with Crippen LogP contribution in [0.5, 0.6) is 0 Å².